The van der Waals surface area contributed by atoms with E-state index in [0.29, 0.717) is 4.47 Å². The fraction of sp³-hybridized carbons (Fsp3) is 0.294. The zero-order chi connectivity index (χ0) is 15.2. The summed E-state index contributed by atoms with van der Waals surface area (Å²) in [6.45, 7) is 4.43. The molecule has 2 aromatic rings. The number of anilines is 1. The summed E-state index contributed by atoms with van der Waals surface area (Å²) in [6.07, 6.45) is 0.982. The van der Waals surface area contributed by atoms with Gasteiger partial charge in [0.15, 0.2) is 0 Å². The van der Waals surface area contributed by atoms with E-state index in [9.17, 15) is 4.39 Å². The molecule has 1 N–H and O–H groups in total. The topological polar surface area (TPSA) is 12.0 Å². The Morgan fingerprint density at radius 1 is 1.24 bits per heavy atom. The van der Waals surface area contributed by atoms with Gasteiger partial charge in [-0.2, -0.15) is 0 Å². The maximum Gasteiger partial charge on any atom is 0.139 e. The van der Waals surface area contributed by atoms with Gasteiger partial charge in [0.25, 0.3) is 0 Å². The van der Waals surface area contributed by atoms with Crippen LogP contribution < -0.4 is 5.32 Å². The van der Waals surface area contributed by atoms with Crippen LogP contribution in [0.3, 0.4) is 0 Å². The first-order chi connectivity index (χ1) is 9.87. The average molecular weight is 369 g/mol. The van der Waals surface area contributed by atoms with Crippen molar-refractivity contribution in [3.8, 4) is 0 Å². The van der Waals surface area contributed by atoms with E-state index in [-0.39, 0.29) is 17.3 Å². The summed E-state index contributed by atoms with van der Waals surface area (Å²) in [5.74, 6) is -0.262. The molecule has 1 unspecified atom stereocenters. The quantitative estimate of drug-likeness (QED) is 0.688. The molecule has 3 rings (SSSR count). The molecule has 0 saturated heterocycles. The Morgan fingerprint density at radius 3 is 2.71 bits per heavy atom. The second-order valence-electron chi connectivity index (χ2n) is 6.21. The second-order valence-corrected chi connectivity index (χ2v) is 7.51. The normalized spacial score (nSPS) is 19.4. The monoisotopic (exact) mass is 367 g/mol. The van der Waals surface area contributed by atoms with Crippen LogP contribution in [-0.2, 0) is 6.42 Å². The highest BCUT2D eigenvalue weighted by Crippen LogP contribution is 2.47. The minimum atomic E-state index is -0.262. The van der Waals surface area contributed by atoms with Gasteiger partial charge < -0.3 is 5.32 Å². The lowest BCUT2D eigenvalue weighted by Gasteiger charge is -2.29. The number of hydrogen-bond acceptors (Lipinski definition) is 1. The molecule has 21 heavy (non-hydrogen) atoms. The molecule has 110 valence electrons. The number of hydrogen-bond donors (Lipinski definition) is 1. The summed E-state index contributed by atoms with van der Waals surface area (Å²) in [6, 6.07) is 11.3. The molecule has 1 aliphatic carbocycles. The molecule has 0 bridgehead atoms. The van der Waals surface area contributed by atoms with Gasteiger partial charge in [0.1, 0.15) is 5.82 Å². The van der Waals surface area contributed by atoms with Crippen molar-refractivity contribution in [2.45, 2.75) is 26.3 Å². The van der Waals surface area contributed by atoms with Crippen LogP contribution in [0.4, 0.5) is 10.1 Å². The molecule has 0 radical (unpaired) electrons. The van der Waals surface area contributed by atoms with Crippen LogP contribution >= 0.6 is 27.5 Å². The maximum atomic E-state index is 13.7. The second kappa shape index (κ2) is 5.29. The van der Waals surface area contributed by atoms with Gasteiger partial charge >= 0.3 is 0 Å². The first-order valence-electron chi connectivity index (χ1n) is 6.87. The third-order valence-corrected chi connectivity index (χ3v) is 4.96. The van der Waals surface area contributed by atoms with Crippen LogP contribution in [0.2, 0.25) is 5.02 Å². The third-order valence-electron chi connectivity index (χ3n) is 4.08. The fourth-order valence-corrected chi connectivity index (χ4v) is 3.46. The molecule has 0 fully saturated rings. The van der Waals surface area contributed by atoms with Crippen LogP contribution in [0, 0.1) is 11.2 Å². The predicted molar refractivity (Wildman–Crippen MR) is 89.4 cm³/mol. The largest absolute Gasteiger partial charge is 0.378 e. The van der Waals surface area contributed by atoms with Gasteiger partial charge in [-0.3, -0.25) is 0 Å². The SMILES string of the molecule is CC1(C)Cc2ccc(Cl)cc2C1Nc1ccc(Br)c(F)c1. The van der Waals surface area contributed by atoms with Crippen molar-refractivity contribution in [1.29, 1.82) is 0 Å². The van der Waals surface area contributed by atoms with E-state index in [0.717, 1.165) is 17.1 Å². The lowest BCUT2D eigenvalue weighted by Crippen LogP contribution is -2.24. The van der Waals surface area contributed by atoms with Gasteiger partial charge in [-0.05, 0) is 69.2 Å². The highest BCUT2D eigenvalue weighted by molar-refractivity contribution is 9.10. The third kappa shape index (κ3) is 2.82. The van der Waals surface area contributed by atoms with E-state index >= 15 is 0 Å². The van der Waals surface area contributed by atoms with E-state index in [2.05, 4.69) is 41.2 Å². The van der Waals surface area contributed by atoms with Gasteiger partial charge in [-0.25, -0.2) is 4.39 Å². The van der Waals surface area contributed by atoms with E-state index in [1.54, 1.807) is 6.07 Å². The van der Waals surface area contributed by atoms with Crippen molar-refractivity contribution in [3.05, 3.63) is 62.8 Å². The number of benzene rings is 2. The fourth-order valence-electron chi connectivity index (χ4n) is 3.04. The molecular weight excluding hydrogens is 353 g/mol. The summed E-state index contributed by atoms with van der Waals surface area (Å²) in [5.41, 5.74) is 3.34. The number of halogens is 3. The predicted octanol–water partition coefficient (Wildman–Crippen LogP) is 5.98. The smallest absolute Gasteiger partial charge is 0.139 e. The van der Waals surface area contributed by atoms with Crippen LogP contribution in [0.1, 0.15) is 31.0 Å². The molecule has 0 spiro atoms. The lowest BCUT2D eigenvalue weighted by atomic mass is 9.85. The van der Waals surface area contributed by atoms with Crippen molar-refractivity contribution >= 4 is 33.2 Å². The zero-order valence-corrected chi connectivity index (χ0v) is 14.2. The van der Waals surface area contributed by atoms with Crippen LogP contribution in [0.5, 0.6) is 0 Å². The van der Waals surface area contributed by atoms with Gasteiger partial charge in [0.2, 0.25) is 0 Å². The van der Waals surface area contributed by atoms with Gasteiger partial charge in [0, 0.05) is 10.7 Å². The molecule has 0 aliphatic heterocycles. The van der Waals surface area contributed by atoms with Crippen LogP contribution in [0.25, 0.3) is 0 Å². The van der Waals surface area contributed by atoms with E-state index in [1.807, 2.05) is 18.2 Å². The molecule has 0 heterocycles. The first-order valence-corrected chi connectivity index (χ1v) is 8.04. The van der Waals surface area contributed by atoms with E-state index in [1.165, 1.54) is 17.2 Å². The number of fused-ring (bicyclic) bond motifs is 1. The summed E-state index contributed by atoms with van der Waals surface area (Å²) >= 11 is 9.32. The van der Waals surface area contributed by atoms with Crippen LogP contribution in [0.15, 0.2) is 40.9 Å². The minimum absolute atomic E-state index is 0.0521. The number of nitrogens with one attached hydrogen (secondary N) is 1. The standard InChI is InChI=1S/C17H16BrClFN/c1-17(2)9-10-3-4-11(19)7-13(10)16(17)21-12-5-6-14(18)15(20)8-12/h3-8,16,21H,9H2,1-2H3. The summed E-state index contributed by atoms with van der Waals surface area (Å²) in [5, 5.41) is 4.20. The summed E-state index contributed by atoms with van der Waals surface area (Å²) in [7, 11) is 0. The van der Waals surface area contributed by atoms with Crippen molar-refractivity contribution in [1.82, 2.24) is 0 Å². The molecule has 4 heteroatoms. The highest BCUT2D eigenvalue weighted by atomic mass is 79.9. The number of rotatable bonds is 2. The van der Waals surface area contributed by atoms with Gasteiger partial charge in [-0.1, -0.05) is 31.5 Å². The molecule has 0 amide bonds. The van der Waals surface area contributed by atoms with Gasteiger partial charge in [-0.15, -0.1) is 0 Å². The summed E-state index contributed by atoms with van der Waals surface area (Å²) in [4.78, 5) is 0. The van der Waals surface area contributed by atoms with Crippen molar-refractivity contribution in [2.24, 2.45) is 5.41 Å². The average Bonchev–Trinajstić information content (AvgIpc) is 2.65. The minimum Gasteiger partial charge on any atom is -0.378 e. The molecule has 0 saturated carbocycles. The van der Waals surface area contributed by atoms with Crippen molar-refractivity contribution in [2.75, 3.05) is 5.32 Å². The van der Waals surface area contributed by atoms with E-state index in [4.69, 9.17) is 11.6 Å². The molecular formula is C17H16BrClFN. The molecule has 1 nitrogen and oxygen atoms in total. The Kier molecular flexibility index (Phi) is 3.74. The Hall–Kier alpha value is -1.06. The Balaban J connectivity index is 1.97. The molecule has 1 aliphatic rings. The Morgan fingerprint density at radius 2 is 2.00 bits per heavy atom. The van der Waals surface area contributed by atoms with Crippen LogP contribution in [-0.4, -0.2) is 0 Å². The first kappa shape index (κ1) is 14.9. The van der Waals surface area contributed by atoms with E-state index < -0.39 is 0 Å². The van der Waals surface area contributed by atoms with Crippen molar-refractivity contribution < 1.29 is 4.39 Å². The zero-order valence-electron chi connectivity index (χ0n) is 11.9. The summed E-state index contributed by atoms with van der Waals surface area (Å²) < 4.78 is 14.2. The molecule has 1 atom stereocenters. The van der Waals surface area contributed by atoms with Gasteiger partial charge in [0.05, 0.1) is 10.5 Å². The Bertz CT molecular complexity index is 699. The maximum absolute atomic E-state index is 13.7. The lowest BCUT2D eigenvalue weighted by molar-refractivity contribution is 0.337. The molecule has 2 aromatic carbocycles. The highest BCUT2D eigenvalue weighted by Gasteiger charge is 2.39. The Labute approximate surface area is 137 Å². The van der Waals surface area contributed by atoms with Crippen molar-refractivity contribution in [3.63, 3.8) is 0 Å². The molecule has 0 aromatic heterocycles.